The van der Waals surface area contributed by atoms with E-state index in [1.807, 2.05) is 36.4 Å². The number of amides is 1. The van der Waals surface area contributed by atoms with Crippen LogP contribution >= 0.6 is 31.9 Å². The molecule has 3 aromatic carbocycles. The Morgan fingerprint density at radius 2 is 1.79 bits per heavy atom. The maximum absolute atomic E-state index is 13.5. The lowest BCUT2D eigenvalue weighted by Crippen LogP contribution is -2.43. The second-order valence-electron chi connectivity index (χ2n) is 8.59. The predicted molar refractivity (Wildman–Crippen MR) is 156 cm³/mol. The van der Waals surface area contributed by atoms with Gasteiger partial charge in [-0.25, -0.2) is 4.98 Å². The van der Waals surface area contributed by atoms with E-state index in [9.17, 15) is 9.59 Å². The lowest BCUT2D eigenvalue weighted by atomic mass is 10.2. The van der Waals surface area contributed by atoms with E-state index in [0.717, 1.165) is 5.56 Å². The molecule has 1 amide bonds. The van der Waals surface area contributed by atoms with E-state index in [1.54, 1.807) is 35.4 Å². The summed E-state index contributed by atoms with van der Waals surface area (Å²) in [5.41, 5.74) is 1.67. The van der Waals surface area contributed by atoms with Crippen molar-refractivity contribution in [3.63, 3.8) is 0 Å². The summed E-state index contributed by atoms with van der Waals surface area (Å²) in [7, 11) is 1.51. The molecule has 0 N–H and O–H groups in total. The van der Waals surface area contributed by atoms with Gasteiger partial charge < -0.3 is 19.1 Å². The van der Waals surface area contributed by atoms with Crippen LogP contribution in [0.1, 0.15) is 5.56 Å². The molecule has 0 spiro atoms. The number of methoxy groups -OCH3 is 1. The molecular weight excluding hydrogens is 632 g/mol. The Kier molecular flexibility index (Phi) is 8.39. The highest BCUT2D eigenvalue weighted by atomic mass is 79.9. The molecule has 0 radical (unpaired) electrons. The number of halogens is 2. The SMILES string of the molecule is COc1cc(C=Nn2c(-c3ccccc3)nc3ccccc3c2=O)c(Br)c(Br)c1OCC(=O)N1CCOCC1. The third-order valence-electron chi connectivity index (χ3n) is 6.18. The number of hydrogen-bond acceptors (Lipinski definition) is 7. The van der Waals surface area contributed by atoms with Crippen LogP contribution < -0.4 is 15.0 Å². The molecule has 2 heterocycles. The average Bonchev–Trinajstić information content (AvgIpc) is 2.98. The highest BCUT2D eigenvalue weighted by Gasteiger charge is 2.21. The molecule has 1 saturated heterocycles. The summed E-state index contributed by atoms with van der Waals surface area (Å²) in [5, 5.41) is 5.00. The summed E-state index contributed by atoms with van der Waals surface area (Å²) in [6.07, 6.45) is 1.55. The van der Waals surface area contributed by atoms with E-state index in [1.165, 1.54) is 11.8 Å². The van der Waals surface area contributed by atoms with Crippen molar-refractivity contribution in [2.45, 2.75) is 0 Å². The van der Waals surface area contributed by atoms with Gasteiger partial charge in [0.05, 0.1) is 41.9 Å². The number of hydrogen-bond donors (Lipinski definition) is 0. The summed E-state index contributed by atoms with van der Waals surface area (Å²) in [5.74, 6) is 1.05. The van der Waals surface area contributed by atoms with Crippen LogP contribution in [0.2, 0.25) is 0 Å². The fourth-order valence-corrected chi connectivity index (χ4v) is 5.08. The normalized spacial score (nSPS) is 13.7. The lowest BCUT2D eigenvalue weighted by Gasteiger charge is -2.27. The molecule has 0 aliphatic carbocycles. The van der Waals surface area contributed by atoms with E-state index in [-0.39, 0.29) is 18.1 Å². The maximum Gasteiger partial charge on any atom is 0.282 e. The van der Waals surface area contributed by atoms with Crippen molar-refractivity contribution < 1.29 is 19.0 Å². The Hall–Kier alpha value is -3.54. The molecule has 11 heteroatoms. The molecule has 1 fully saturated rings. The molecule has 4 aromatic rings. The first-order chi connectivity index (χ1) is 19.0. The van der Waals surface area contributed by atoms with Gasteiger partial charge in [-0.15, -0.1) is 0 Å². The Labute approximate surface area is 241 Å². The molecule has 39 heavy (non-hydrogen) atoms. The van der Waals surface area contributed by atoms with Crippen molar-refractivity contribution >= 4 is 54.9 Å². The Balaban J connectivity index is 1.50. The first-order valence-corrected chi connectivity index (χ1v) is 13.7. The highest BCUT2D eigenvalue weighted by Crippen LogP contribution is 2.42. The minimum absolute atomic E-state index is 0.134. The van der Waals surface area contributed by atoms with Crippen LogP contribution in [0.25, 0.3) is 22.3 Å². The second kappa shape index (κ2) is 12.1. The molecule has 0 atom stereocenters. The van der Waals surface area contributed by atoms with Gasteiger partial charge >= 0.3 is 0 Å². The number of rotatable bonds is 7. The van der Waals surface area contributed by atoms with E-state index in [0.29, 0.717) is 69.0 Å². The minimum Gasteiger partial charge on any atom is -0.493 e. The van der Waals surface area contributed by atoms with Crippen LogP contribution in [0.15, 0.2) is 79.5 Å². The van der Waals surface area contributed by atoms with Crippen molar-refractivity contribution in [3.8, 4) is 22.9 Å². The lowest BCUT2D eigenvalue weighted by molar-refractivity contribution is -0.137. The number of fused-ring (bicyclic) bond motifs is 1. The van der Waals surface area contributed by atoms with Crippen LogP contribution in [-0.2, 0) is 9.53 Å². The van der Waals surface area contributed by atoms with Crippen LogP contribution in [0.5, 0.6) is 11.5 Å². The molecule has 9 nitrogen and oxygen atoms in total. The Bertz CT molecular complexity index is 1600. The van der Waals surface area contributed by atoms with Crippen molar-refractivity contribution in [2.75, 3.05) is 40.0 Å². The maximum atomic E-state index is 13.5. The number of morpholine rings is 1. The molecule has 5 rings (SSSR count). The largest absolute Gasteiger partial charge is 0.493 e. The zero-order chi connectivity index (χ0) is 27.4. The zero-order valence-electron chi connectivity index (χ0n) is 21.0. The third-order valence-corrected chi connectivity index (χ3v) is 8.32. The second-order valence-corrected chi connectivity index (χ2v) is 10.2. The van der Waals surface area contributed by atoms with Gasteiger partial charge in [0.1, 0.15) is 0 Å². The monoisotopic (exact) mass is 654 g/mol. The van der Waals surface area contributed by atoms with Crippen LogP contribution in [-0.4, -0.2) is 66.7 Å². The first-order valence-electron chi connectivity index (χ1n) is 12.1. The summed E-state index contributed by atoms with van der Waals surface area (Å²) in [6.45, 7) is 1.95. The van der Waals surface area contributed by atoms with Gasteiger partial charge in [0.25, 0.3) is 11.5 Å². The van der Waals surface area contributed by atoms with E-state index < -0.39 is 0 Å². The van der Waals surface area contributed by atoms with Crippen molar-refractivity contribution in [1.82, 2.24) is 14.6 Å². The molecular formula is C28H24Br2N4O5. The van der Waals surface area contributed by atoms with E-state index >= 15 is 0 Å². The van der Waals surface area contributed by atoms with Crippen LogP contribution in [0, 0.1) is 0 Å². The van der Waals surface area contributed by atoms with Gasteiger partial charge in [0, 0.05) is 28.7 Å². The number of ether oxygens (including phenoxy) is 3. The van der Waals surface area contributed by atoms with Crippen molar-refractivity contribution in [2.24, 2.45) is 5.10 Å². The number of carbonyl (C=O) groups excluding carboxylic acids is 1. The van der Waals surface area contributed by atoms with E-state index in [2.05, 4.69) is 37.0 Å². The Morgan fingerprint density at radius 3 is 2.54 bits per heavy atom. The van der Waals surface area contributed by atoms with Crippen molar-refractivity contribution in [3.05, 3.63) is 85.5 Å². The fourth-order valence-electron chi connectivity index (χ4n) is 4.15. The van der Waals surface area contributed by atoms with Gasteiger partial charge in [0.2, 0.25) is 0 Å². The third kappa shape index (κ3) is 5.75. The van der Waals surface area contributed by atoms with Gasteiger partial charge in [-0.1, -0.05) is 42.5 Å². The number of nitrogens with zero attached hydrogens (tertiary/aromatic N) is 4. The van der Waals surface area contributed by atoms with E-state index in [4.69, 9.17) is 19.2 Å². The Morgan fingerprint density at radius 1 is 1.08 bits per heavy atom. The van der Waals surface area contributed by atoms with Crippen LogP contribution in [0.4, 0.5) is 0 Å². The topological polar surface area (TPSA) is 95.2 Å². The van der Waals surface area contributed by atoms with Gasteiger partial charge in [-0.2, -0.15) is 9.78 Å². The zero-order valence-corrected chi connectivity index (χ0v) is 24.1. The molecule has 0 bridgehead atoms. The molecule has 0 unspecified atom stereocenters. The summed E-state index contributed by atoms with van der Waals surface area (Å²) < 4.78 is 19.2. The smallest absolute Gasteiger partial charge is 0.282 e. The summed E-state index contributed by atoms with van der Waals surface area (Å²) >= 11 is 7.14. The number of benzene rings is 3. The molecule has 1 aliphatic heterocycles. The molecule has 1 aromatic heterocycles. The van der Waals surface area contributed by atoms with Gasteiger partial charge in [-0.3, -0.25) is 9.59 Å². The van der Waals surface area contributed by atoms with Crippen molar-refractivity contribution in [1.29, 1.82) is 0 Å². The predicted octanol–water partition coefficient (Wildman–Crippen LogP) is 4.72. The van der Waals surface area contributed by atoms with Crippen LogP contribution in [0.3, 0.4) is 0 Å². The average molecular weight is 656 g/mol. The van der Waals surface area contributed by atoms with Gasteiger partial charge in [-0.05, 0) is 50.1 Å². The molecule has 1 aliphatic rings. The number of aromatic nitrogens is 2. The molecule has 0 saturated carbocycles. The summed E-state index contributed by atoms with van der Waals surface area (Å²) in [4.78, 5) is 32.5. The number of para-hydroxylation sites is 1. The van der Waals surface area contributed by atoms with Gasteiger partial charge in [0.15, 0.2) is 23.9 Å². The summed E-state index contributed by atoms with van der Waals surface area (Å²) in [6, 6.07) is 18.3. The minimum atomic E-state index is -0.292. The standard InChI is InChI=1S/C28H24Br2N4O5/c1-37-22-15-19(24(29)25(30)26(22)39-17-23(35)33-11-13-38-14-12-33)16-31-34-27(18-7-3-2-4-8-18)32-21-10-6-5-9-20(21)28(34)36/h2-10,15-16H,11-14,17H2,1H3. The highest BCUT2D eigenvalue weighted by molar-refractivity contribution is 9.13. The quantitative estimate of drug-likeness (QED) is 0.268. The fraction of sp³-hybridized carbons (Fsp3) is 0.214. The first kappa shape index (κ1) is 27.0. The molecule has 200 valence electrons. The number of carbonyl (C=O) groups is 1.